The molecule has 1 aromatic carbocycles. The molecule has 2 atom stereocenters. The van der Waals surface area contributed by atoms with Crippen molar-refractivity contribution in [3.8, 4) is 0 Å². The van der Waals surface area contributed by atoms with Crippen molar-refractivity contribution in [1.82, 2.24) is 4.90 Å². The minimum Gasteiger partial charge on any atom is -0.333 e. The molecule has 5 heteroatoms. The molecule has 0 fully saturated rings. The highest BCUT2D eigenvalue weighted by molar-refractivity contribution is 5.95. The molecule has 0 spiro atoms. The Hall–Kier alpha value is -1.91. The number of nitrogens with zero attached hydrogens (tertiary/aromatic N) is 2. The molecule has 0 heterocycles. The summed E-state index contributed by atoms with van der Waals surface area (Å²) >= 11 is 0. The summed E-state index contributed by atoms with van der Waals surface area (Å²) in [6, 6.07) is 4.90. The fourth-order valence-electron chi connectivity index (χ4n) is 2.32. The van der Waals surface area contributed by atoms with Crippen LogP contribution in [0.5, 0.6) is 0 Å². The molecule has 116 valence electrons. The van der Waals surface area contributed by atoms with Crippen molar-refractivity contribution in [3.05, 3.63) is 39.4 Å². The van der Waals surface area contributed by atoms with Crippen LogP contribution < -0.4 is 0 Å². The first-order chi connectivity index (χ1) is 9.83. The summed E-state index contributed by atoms with van der Waals surface area (Å²) in [6.07, 6.45) is 1.70. The molecule has 0 aromatic heterocycles. The lowest BCUT2D eigenvalue weighted by Crippen LogP contribution is -2.44. The second-order valence-corrected chi connectivity index (χ2v) is 5.49. The van der Waals surface area contributed by atoms with Crippen LogP contribution in [0.4, 0.5) is 5.69 Å². The van der Waals surface area contributed by atoms with Crippen molar-refractivity contribution >= 4 is 11.6 Å². The van der Waals surface area contributed by atoms with Gasteiger partial charge < -0.3 is 4.90 Å². The molecule has 0 N–H and O–H groups in total. The average molecular weight is 292 g/mol. The molecule has 0 unspecified atom stereocenters. The van der Waals surface area contributed by atoms with E-state index < -0.39 is 4.92 Å². The zero-order valence-corrected chi connectivity index (χ0v) is 13.4. The SMILES string of the molecule is CC[C@@H](C)N(C(=O)c1ccc(C)c([N+](=O)[O-])c1)[C@@H](C)CC. The maximum absolute atomic E-state index is 12.7. The zero-order chi connectivity index (χ0) is 16.2. The van der Waals surface area contributed by atoms with Crippen molar-refractivity contribution in [3.63, 3.8) is 0 Å². The molecular formula is C16H24N2O3. The smallest absolute Gasteiger partial charge is 0.273 e. The number of hydrogen-bond donors (Lipinski definition) is 0. The van der Waals surface area contributed by atoms with Crippen molar-refractivity contribution in [2.75, 3.05) is 0 Å². The fourth-order valence-corrected chi connectivity index (χ4v) is 2.32. The minimum absolute atomic E-state index is 0.00546. The van der Waals surface area contributed by atoms with Crippen LogP contribution in [0.3, 0.4) is 0 Å². The van der Waals surface area contributed by atoms with E-state index in [1.165, 1.54) is 6.07 Å². The number of nitro groups is 1. The predicted octanol–water partition coefficient (Wildman–Crippen LogP) is 3.94. The predicted molar refractivity (Wildman–Crippen MR) is 83.5 cm³/mol. The maximum Gasteiger partial charge on any atom is 0.273 e. The Morgan fingerprint density at radius 1 is 1.24 bits per heavy atom. The van der Waals surface area contributed by atoms with E-state index in [1.807, 2.05) is 32.6 Å². The van der Waals surface area contributed by atoms with E-state index in [0.29, 0.717) is 11.1 Å². The molecule has 1 rings (SSSR count). The van der Waals surface area contributed by atoms with E-state index in [2.05, 4.69) is 0 Å². The van der Waals surface area contributed by atoms with Gasteiger partial charge in [0, 0.05) is 29.3 Å². The number of nitro benzene ring substituents is 1. The lowest BCUT2D eigenvalue weighted by atomic mass is 10.0. The Labute approximate surface area is 126 Å². The third kappa shape index (κ3) is 3.80. The number of carbonyl (C=O) groups excluding carboxylic acids is 1. The third-order valence-electron chi connectivity index (χ3n) is 4.02. The van der Waals surface area contributed by atoms with Crippen LogP contribution in [-0.4, -0.2) is 27.8 Å². The van der Waals surface area contributed by atoms with Crippen LogP contribution in [0, 0.1) is 17.0 Å². The Morgan fingerprint density at radius 2 is 1.76 bits per heavy atom. The van der Waals surface area contributed by atoms with Gasteiger partial charge in [0.25, 0.3) is 11.6 Å². The summed E-state index contributed by atoms with van der Waals surface area (Å²) in [4.78, 5) is 25.1. The Morgan fingerprint density at radius 3 is 2.19 bits per heavy atom. The quantitative estimate of drug-likeness (QED) is 0.589. The lowest BCUT2D eigenvalue weighted by Gasteiger charge is -2.34. The summed E-state index contributed by atoms with van der Waals surface area (Å²) < 4.78 is 0. The van der Waals surface area contributed by atoms with Crippen LogP contribution in [0.25, 0.3) is 0 Å². The molecular weight excluding hydrogens is 268 g/mol. The first-order valence-corrected chi connectivity index (χ1v) is 7.41. The summed E-state index contributed by atoms with van der Waals surface area (Å²) in [5.74, 6) is -0.137. The first-order valence-electron chi connectivity index (χ1n) is 7.41. The van der Waals surface area contributed by atoms with Gasteiger partial charge in [0.05, 0.1) is 4.92 Å². The average Bonchev–Trinajstić information content (AvgIpc) is 2.46. The highest BCUT2D eigenvalue weighted by Gasteiger charge is 2.26. The summed E-state index contributed by atoms with van der Waals surface area (Å²) in [7, 11) is 0. The van der Waals surface area contributed by atoms with Crippen LogP contribution in [-0.2, 0) is 0 Å². The molecule has 21 heavy (non-hydrogen) atoms. The highest BCUT2D eigenvalue weighted by Crippen LogP contribution is 2.22. The van der Waals surface area contributed by atoms with Crippen LogP contribution >= 0.6 is 0 Å². The number of rotatable bonds is 6. The topological polar surface area (TPSA) is 63.5 Å². The van der Waals surface area contributed by atoms with Crippen molar-refractivity contribution < 1.29 is 9.72 Å². The highest BCUT2D eigenvalue weighted by atomic mass is 16.6. The fraction of sp³-hybridized carbons (Fsp3) is 0.562. The number of amides is 1. The van der Waals surface area contributed by atoms with Gasteiger partial charge in [-0.05, 0) is 39.7 Å². The van der Waals surface area contributed by atoms with Crippen LogP contribution in [0.15, 0.2) is 18.2 Å². The molecule has 0 saturated carbocycles. The standard InChI is InChI=1S/C16H24N2O3/c1-6-12(4)17(13(5)7-2)16(19)14-9-8-11(3)15(10-14)18(20)21/h8-10,12-13H,6-7H2,1-5H3/t12-,13+. The molecule has 0 aliphatic carbocycles. The van der Waals surface area contributed by atoms with Crippen molar-refractivity contribution in [2.45, 2.75) is 59.5 Å². The molecule has 0 aliphatic heterocycles. The van der Waals surface area contributed by atoms with Gasteiger partial charge >= 0.3 is 0 Å². The first kappa shape index (κ1) is 17.1. The molecule has 0 radical (unpaired) electrons. The third-order valence-corrected chi connectivity index (χ3v) is 4.02. The monoisotopic (exact) mass is 292 g/mol. The number of benzene rings is 1. The van der Waals surface area contributed by atoms with Gasteiger partial charge in [0.2, 0.25) is 0 Å². The second kappa shape index (κ2) is 7.20. The van der Waals surface area contributed by atoms with Crippen molar-refractivity contribution in [1.29, 1.82) is 0 Å². The number of aryl methyl sites for hydroxylation is 1. The summed E-state index contributed by atoms with van der Waals surface area (Å²) in [6.45, 7) is 9.75. The van der Waals surface area contributed by atoms with E-state index in [-0.39, 0.29) is 23.7 Å². The van der Waals surface area contributed by atoms with E-state index >= 15 is 0 Å². The molecule has 1 aromatic rings. The Bertz CT molecular complexity index is 518. The van der Waals surface area contributed by atoms with Gasteiger partial charge in [-0.25, -0.2) is 0 Å². The van der Waals surface area contributed by atoms with Gasteiger partial charge in [-0.15, -0.1) is 0 Å². The Kier molecular flexibility index (Phi) is 5.88. The summed E-state index contributed by atoms with van der Waals surface area (Å²) in [5.41, 5.74) is 0.942. The normalized spacial score (nSPS) is 13.6. The van der Waals surface area contributed by atoms with E-state index in [1.54, 1.807) is 19.1 Å². The maximum atomic E-state index is 12.7. The van der Waals surface area contributed by atoms with Gasteiger partial charge in [0.15, 0.2) is 0 Å². The van der Waals surface area contributed by atoms with Crippen molar-refractivity contribution in [2.24, 2.45) is 0 Å². The van der Waals surface area contributed by atoms with Gasteiger partial charge in [0.1, 0.15) is 0 Å². The van der Waals surface area contributed by atoms with Gasteiger partial charge in [-0.2, -0.15) is 0 Å². The number of hydrogen-bond acceptors (Lipinski definition) is 3. The zero-order valence-electron chi connectivity index (χ0n) is 13.4. The molecule has 0 saturated heterocycles. The van der Waals surface area contributed by atoms with Crippen LogP contribution in [0.2, 0.25) is 0 Å². The van der Waals surface area contributed by atoms with E-state index in [0.717, 1.165) is 12.8 Å². The Balaban J connectivity index is 3.21. The van der Waals surface area contributed by atoms with Gasteiger partial charge in [-0.3, -0.25) is 14.9 Å². The molecule has 0 bridgehead atoms. The molecule has 5 nitrogen and oxygen atoms in total. The molecule has 1 amide bonds. The van der Waals surface area contributed by atoms with E-state index in [9.17, 15) is 14.9 Å². The lowest BCUT2D eigenvalue weighted by molar-refractivity contribution is -0.385. The minimum atomic E-state index is -0.442. The number of carbonyl (C=O) groups is 1. The largest absolute Gasteiger partial charge is 0.333 e. The summed E-state index contributed by atoms with van der Waals surface area (Å²) in [5, 5.41) is 11.0. The van der Waals surface area contributed by atoms with E-state index in [4.69, 9.17) is 0 Å². The second-order valence-electron chi connectivity index (χ2n) is 5.49. The van der Waals surface area contributed by atoms with Gasteiger partial charge in [-0.1, -0.05) is 19.9 Å². The van der Waals surface area contributed by atoms with Crippen LogP contribution in [0.1, 0.15) is 56.5 Å². The molecule has 0 aliphatic rings.